The van der Waals surface area contributed by atoms with Crippen LogP contribution in [0.5, 0.6) is 0 Å². The average molecular weight is 320 g/mol. The van der Waals surface area contributed by atoms with E-state index in [1.54, 1.807) is 30.3 Å². The summed E-state index contributed by atoms with van der Waals surface area (Å²) in [5, 5.41) is 18.4. The van der Waals surface area contributed by atoms with Crippen LogP contribution in [-0.4, -0.2) is 28.2 Å². The minimum absolute atomic E-state index is 0.154. The Hall–Kier alpha value is -2.37. The lowest BCUT2D eigenvalue weighted by Crippen LogP contribution is -2.32. The van der Waals surface area contributed by atoms with Gasteiger partial charge in [-0.15, -0.1) is 0 Å². The number of carboxylic acid groups (broad SMARTS) is 2. The van der Waals surface area contributed by atoms with Crippen molar-refractivity contribution in [3.8, 4) is 11.1 Å². The molecule has 0 radical (unpaired) electrons. The third-order valence-electron chi connectivity index (χ3n) is 3.22. The summed E-state index contributed by atoms with van der Waals surface area (Å²) >= 11 is 6.17. The number of aromatic carboxylic acids is 1. The molecular weight excluding hydrogens is 306 g/mol. The van der Waals surface area contributed by atoms with Gasteiger partial charge < -0.3 is 15.9 Å². The van der Waals surface area contributed by atoms with Gasteiger partial charge in [-0.25, -0.2) is 4.79 Å². The molecule has 1 atom stereocenters. The molecule has 0 aromatic heterocycles. The summed E-state index contributed by atoms with van der Waals surface area (Å²) in [6.45, 7) is 0. The molecule has 0 amide bonds. The number of carboxylic acids is 2. The maximum Gasteiger partial charge on any atom is 0.335 e. The minimum Gasteiger partial charge on any atom is -0.480 e. The first-order valence-electron chi connectivity index (χ1n) is 6.49. The average Bonchev–Trinajstić information content (AvgIpc) is 2.49. The Morgan fingerprint density at radius 2 is 1.86 bits per heavy atom. The van der Waals surface area contributed by atoms with Crippen molar-refractivity contribution < 1.29 is 19.8 Å². The fourth-order valence-electron chi connectivity index (χ4n) is 2.08. The zero-order valence-corrected chi connectivity index (χ0v) is 12.2. The van der Waals surface area contributed by atoms with Crippen LogP contribution in [0.3, 0.4) is 0 Å². The third kappa shape index (κ3) is 3.63. The lowest BCUT2D eigenvalue weighted by atomic mass is 9.98. The zero-order chi connectivity index (χ0) is 16.3. The van der Waals surface area contributed by atoms with Crippen LogP contribution in [0, 0.1) is 0 Å². The van der Waals surface area contributed by atoms with Gasteiger partial charge in [-0.3, -0.25) is 4.79 Å². The van der Waals surface area contributed by atoms with E-state index in [2.05, 4.69) is 0 Å². The lowest BCUT2D eigenvalue weighted by Gasteiger charge is -2.11. The molecule has 4 N–H and O–H groups in total. The van der Waals surface area contributed by atoms with E-state index in [1.165, 1.54) is 12.1 Å². The molecule has 0 fully saturated rings. The van der Waals surface area contributed by atoms with Gasteiger partial charge in [0.15, 0.2) is 0 Å². The summed E-state index contributed by atoms with van der Waals surface area (Å²) in [5.41, 5.74) is 7.69. The second-order valence-electron chi connectivity index (χ2n) is 4.85. The van der Waals surface area contributed by atoms with E-state index >= 15 is 0 Å². The second kappa shape index (κ2) is 6.60. The van der Waals surface area contributed by atoms with Crippen LogP contribution in [0.2, 0.25) is 5.02 Å². The van der Waals surface area contributed by atoms with E-state index in [1.807, 2.05) is 0 Å². The zero-order valence-electron chi connectivity index (χ0n) is 11.5. The van der Waals surface area contributed by atoms with Crippen LogP contribution in [0.15, 0.2) is 42.5 Å². The van der Waals surface area contributed by atoms with Gasteiger partial charge in [-0.2, -0.15) is 0 Å². The predicted molar refractivity (Wildman–Crippen MR) is 83.2 cm³/mol. The van der Waals surface area contributed by atoms with Gasteiger partial charge in [-0.05, 0) is 41.8 Å². The predicted octanol–water partition coefficient (Wildman–Crippen LogP) is 2.66. The molecule has 0 aliphatic heterocycles. The van der Waals surface area contributed by atoms with E-state index in [0.717, 1.165) is 5.56 Å². The summed E-state index contributed by atoms with van der Waals surface area (Å²) in [5.74, 6) is -2.11. The molecule has 5 nitrogen and oxygen atoms in total. The molecule has 2 aromatic carbocycles. The van der Waals surface area contributed by atoms with Crippen molar-refractivity contribution in [1.29, 1.82) is 0 Å². The third-order valence-corrected chi connectivity index (χ3v) is 3.55. The highest BCUT2D eigenvalue weighted by atomic mass is 35.5. The number of carbonyl (C=O) groups is 2. The van der Waals surface area contributed by atoms with E-state index in [-0.39, 0.29) is 12.0 Å². The fourth-order valence-corrected chi connectivity index (χ4v) is 2.31. The highest BCUT2D eigenvalue weighted by Gasteiger charge is 2.14. The number of hydrogen-bond acceptors (Lipinski definition) is 3. The molecule has 0 aliphatic carbocycles. The Labute approximate surface area is 132 Å². The van der Waals surface area contributed by atoms with E-state index < -0.39 is 18.0 Å². The van der Waals surface area contributed by atoms with Crippen molar-refractivity contribution in [3.63, 3.8) is 0 Å². The first-order valence-corrected chi connectivity index (χ1v) is 6.87. The van der Waals surface area contributed by atoms with Crippen molar-refractivity contribution in [3.05, 3.63) is 58.6 Å². The number of aliphatic carboxylic acids is 1. The maximum atomic E-state index is 11.0. The van der Waals surface area contributed by atoms with Gasteiger partial charge in [0.1, 0.15) is 6.04 Å². The molecule has 114 valence electrons. The van der Waals surface area contributed by atoms with E-state index in [0.29, 0.717) is 16.1 Å². The summed E-state index contributed by atoms with van der Waals surface area (Å²) in [7, 11) is 0. The molecule has 0 spiro atoms. The monoisotopic (exact) mass is 319 g/mol. The molecular formula is C16H14ClNO4. The summed E-state index contributed by atoms with van der Waals surface area (Å²) < 4.78 is 0. The van der Waals surface area contributed by atoms with Crippen LogP contribution in [0.1, 0.15) is 15.9 Å². The Morgan fingerprint density at radius 3 is 2.50 bits per heavy atom. The Kier molecular flexibility index (Phi) is 4.80. The molecule has 0 aliphatic rings. The summed E-state index contributed by atoms with van der Waals surface area (Å²) in [6.07, 6.45) is 0.165. The van der Waals surface area contributed by atoms with Crippen molar-refractivity contribution >= 4 is 23.5 Å². The van der Waals surface area contributed by atoms with Crippen LogP contribution in [0.25, 0.3) is 11.1 Å². The van der Waals surface area contributed by atoms with Crippen LogP contribution >= 0.6 is 11.6 Å². The molecule has 2 rings (SSSR count). The van der Waals surface area contributed by atoms with Gasteiger partial charge in [0.2, 0.25) is 0 Å². The molecule has 6 heteroatoms. The highest BCUT2D eigenvalue weighted by molar-refractivity contribution is 6.33. The van der Waals surface area contributed by atoms with Crippen LogP contribution in [-0.2, 0) is 11.2 Å². The van der Waals surface area contributed by atoms with Crippen molar-refractivity contribution in [2.45, 2.75) is 12.5 Å². The lowest BCUT2D eigenvalue weighted by molar-refractivity contribution is -0.138. The topological polar surface area (TPSA) is 101 Å². The number of halogens is 1. The maximum absolute atomic E-state index is 11.0. The highest BCUT2D eigenvalue weighted by Crippen LogP contribution is 2.30. The number of rotatable bonds is 5. The summed E-state index contributed by atoms with van der Waals surface area (Å²) in [6, 6.07) is 10.5. The smallest absolute Gasteiger partial charge is 0.335 e. The Balaban J connectivity index is 2.40. The van der Waals surface area contributed by atoms with Crippen LogP contribution < -0.4 is 5.73 Å². The summed E-state index contributed by atoms with van der Waals surface area (Å²) in [4.78, 5) is 21.9. The molecule has 0 bridgehead atoms. The molecule has 0 saturated heterocycles. The molecule has 0 heterocycles. The van der Waals surface area contributed by atoms with Crippen molar-refractivity contribution in [2.75, 3.05) is 0 Å². The number of hydrogen-bond donors (Lipinski definition) is 3. The van der Waals surface area contributed by atoms with Crippen molar-refractivity contribution in [2.24, 2.45) is 5.73 Å². The van der Waals surface area contributed by atoms with E-state index in [4.69, 9.17) is 27.5 Å². The van der Waals surface area contributed by atoms with Crippen LogP contribution in [0.4, 0.5) is 0 Å². The standard InChI is InChI=1S/C16H14ClNO4/c17-13-5-4-9(7-14(18)16(21)22)6-12(13)10-2-1-3-11(8-10)15(19)20/h1-6,8,14H,7,18H2,(H,19,20)(H,21,22). The van der Waals surface area contributed by atoms with Gasteiger partial charge >= 0.3 is 11.9 Å². The Bertz CT molecular complexity index is 730. The Morgan fingerprint density at radius 1 is 1.14 bits per heavy atom. The molecule has 1 unspecified atom stereocenters. The van der Waals surface area contributed by atoms with Crippen molar-refractivity contribution in [1.82, 2.24) is 0 Å². The SMILES string of the molecule is NC(Cc1ccc(Cl)c(-c2cccc(C(=O)O)c2)c1)C(=O)O. The quantitative estimate of drug-likeness (QED) is 0.786. The van der Waals surface area contributed by atoms with Gasteiger partial charge in [0.25, 0.3) is 0 Å². The number of benzene rings is 2. The normalized spacial score (nSPS) is 11.9. The van der Waals surface area contributed by atoms with Gasteiger partial charge in [0.05, 0.1) is 5.56 Å². The molecule has 0 saturated carbocycles. The first kappa shape index (κ1) is 16.0. The molecule has 2 aromatic rings. The second-order valence-corrected chi connectivity index (χ2v) is 5.26. The number of nitrogens with two attached hydrogens (primary N) is 1. The van der Waals surface area contributed by atoms with E-state index in [9.17, 15) is 9.59 Å². The molecule has 22 heavy (non-hydrogen) atoms. The fraction of sp³-hybridized carbons (Fsp3) is 0.125. The van der Waals surface area contributed by atoms with Gasteiger partial charge in [0, 0.05) is 10.6 Å². The largest absolute Gasteiger partial charge is 0.480 e. The minimum atomic E-state index is -1.08. The van der Waals surface area contributed by atoms with Gasteiger partial charge in [-0.1, -0.05) is 29.8 Å². The first-order chi connectivity index (χ1) is 10.4.